The minimum atomic E-state index is 0.206. The topological polar surface area (TPSA) is 9.23 Å². The minimum Gasteiger partial charge on any atom is -0.368 e. The molecule has 0 aromatic heterocycles. The van der Waals surface area contributed by atoms with Gasteiger partial charge in [0.15, 0.2) is 0 Å². The molecule has 3 heteroatoms. The fourth-order valence-corrected chi connectivity index (χ4v) is 2.15. The van der Waals surface area contributed by atoms with Crippen LogP contribution in [0.3, 0.4) is 0 Å². The van der Waals surface area contributed by atoms with Crippen molar-refractivity contribution < 1.29 is 4.74 Å². The second-order valence-corrected chi connectivity index (χ2v) is 3.88. The van der Waals surface area contributed by atoms with Crippen molar-refractivity contribution in [2.24, 2.45) is 0 Å². The van der Waals surface area contributed by atoms with Crippen molar-refractivity contribution in [2.75, 3.05) is 5.33 Å². The molecule has 1 heterocycles. The first-order chi connectivity index (χ1) is 5.81. The molecule has 0 amide bonds. The molecule has 1 aliphatic heterocycles. The molecule has 1 aliphatic rings. The van der Waals surface area contributed by atoms with Gasteiger partial charge in [-0.2, -0.15) is 0 Å². The summed E-state index contributed by atoms with van der Waals surface area (Å²) in [5, 5.41) is 1.63. The fraction of sp³-hybridized carbons (Fsp3) is 0.333. The highest BCUT2D eigenvalue weighted by molar-refractivity contribution is 9.09. The SMILES string of the molecule is Clc1ccc2c(c1)COC2CBr. The van der Waals surface area contributed by atoms with Gasteiger partial charge in [0.05, 0.1) is 12.7 Å². The van der Waals surface area contributed by atoms with Gasteiger partial charge >= 0.3 is 0 Å². The van der Waals surface area contributed by atoms with E-state index in [2.05, 4.69) is 15.9 Å². The second kappa shape index (κ2) is 3.36. The van der Waals surface area contributed by atoms with Crippen LogP contribution in [0.15, 0.2) is 18.2 Å². The Bertz CT molecular complexity index is 301. The van der Waals surface area contributed by atoms with Crippen molar-refractivity contribution in [3.63, 3.8) is 0 Å². The summed E-state index contributed by atoms with van der Waals surface area (Å²) >= 11 is 9.25. The third-order valence-electron chi connectivity index (χ3n) is 2.03. The molecule has 1 atom stereocenters. The predicted molar refractivity (Wildman–Crippen MR) is 52.8 cm³/mol. The molecule has 0 aliphatic carbocycles. The Kier molecular flexibility index (Phi) is 2.40. The van der Waals surface area contributed by atoms with Crippen LogP contribution in [-0.4, -0.2) is 5.33 Å². The number of alkyl halides is 1. The maximum Gasteiger partial charge on any atom is 0.0929 e. The number of hydrogen-bond acceptors (Lipinski definition) is 1. The van der Waals surface area contributed by atoms with Gasteiger partial charge in [-0.05, 0) is 23.3 Å². The first-order valence-electron chi connectivity index (χ1n) is 3.77. The summed E-state index contributed by atoms with van der Waals surface area (Å²) in [5.41, 5.74) is 2.48. The van der Waals surface area contributed by atoms with Crippen molar-refractivity contribution in [3.05, 3.63) is 34.3 Å². The molecule has 0 saturated carbocycles. The van der Waals surface area contributed by atoms with Crippen LogP contribution < -0.4 is 0 Å². The monoisotopic (exact) mass is 246 g/mol. The van der Waals surface area contributed by atoms with Gasteiger partial charge in [0.2, 0.25) is 0 Å². The lowest BCUT2D eigenvalue weighted by molar-refractivity contribution is 0.0837. The summed E-state index contributed by atoms with van der Waals surface area (Å²) in [5.74, 6) is 0. The van der Waals surface area contributed by atoms with E-state index in [9.17, 15) is 0 Å². The lowest BCUT2D eigenvalue weighted by atomic mass is 10.1. The van der Waals surface area contributed by atoms with Crippen LogP contribution in [0.1, 0.15) is 17.2 Å². The highest BCUT2D eigenvalue weighted by Gasteiger charge is 2.21. The molecule has 0 bridgehead atoms. The molecule has 2 rings (SSSR count). The molecule has 0 fully saturated rings. The number of benzene rings is 1. The lowest BCUT2D eigenvalue weighted by Crippen LogP contribution is -1.95. The zero-order chi connectivity index (χ0) is 8.55. The zero-order valence-corrected chi connectivity index (χ0v) is 8.73. The third-order valence-corrected chi connectivity index (χ3v) is 2.86. The first-order valence-corrected chi connectivity index (χ1v) is 5.27. The third kappa shape index (κ3) is 1.39. The van der Waals surface area contributed by atoms with Crippen molar-refractivity contribution in [3.8, 4) is 0 Å². The zero-order valence-electron chi connectivity index (χ0n) is 6.39. The van der Waals surface area contributed by atoms with Gasteiger partial charge in [0.25, 0.3) is 0 Å². The van der Waals surface area contributed by atoms with Crippen LogP contribution in [0.2, 0.25) is 5.02 Å². The van der Waals surface area contributed by atoms with Gasteiger partial charge in [0.1, 0.15) is 0 Å². The van der Waals surface area contributed by atoms with Gasteiger partial charge in [0, 0.05) is 10.4 Å². The van der Waals surface area contributed by atoms with Gasteiger partial charge in [-0.25, -0.2) is 0 Å². The number of ether oxygens (including phenoxy) is 1. The predicted octanol–water partition coefficient (Wildman–Crippen LogP) is 3.31. The molecule has 12 heavy (non-hydrogen) atoms. The number of halogens is 2. The summed E-state index contributed by atoms with van der Waals surface area (Å²) in [6.07, 6.45) is 0.206. The first kappa shape index (κ1) is 8.54. The Balaban J connectivity index is 2.40. The lowest BCUT2D eigenvalue weighted by Gasteiger charge is -2.05. The number of rotatable bonds is 1. The Labute approximate surface area is 84.8 Å². The van der Waals surface area contributed by atoms with Gasteiger partial charge in [-0.3, -0.25) is 0 Å². The normalized spacial score (nSPS) is 21.0. The minimum absolute atomic E-state index is 0.206. The standard InChI is InChI=1S/C9H8BrClO/c10-4-9-8-2-1-7(11)3-6(8)5-12-9/h1-3,9H,4-5H2. The quantitative estimate of drug-likeness (QED) is 0.692. The smallest absolute Gasteiger partial charge is 0.0929 e. The molecule has 0 N–H and O–H groups in total. The molecule has 1 nitrogen and oxygen atoms in total. The highest BCUT2D eigenvalue weighted by atomic mass is 79.9. The van der Waals surface area contributed by atoms with Crippen LogP contribution in [0.4, 0.5) is 0 Å². The molecule has 0 spiro atoms. The van der Waals surface area contributed by atoms with Crippen LogP contribution in [0.5, 0.6) is 0 Å². The van der Waals surface area contributed by atoms with E-state index in [-0.39, 0.29) is 6.10 Å². The van der Waals surface area contributed by atoms with Crippen LogP contribution >= 0.6 is 27.5 Å². The largest absolute Gasteiger partial charge is 0.368 e. The van der Waals surface area contributed by atoms with E-state index < -0.39 is 0 Å². The molecule has 0 saturated heterocycles. The van der Waals surface area contributed by atoms with Gasteiger partial charge in [-0.1, -0.05) is 33.6 Å². The van der Waals surface area contributed by atoms with E-state index in [0.29, 0.717) is 6.61 Å². The average Bonchev–Trinajstić information content (AvgIpc) is 2.46. The van der Waals surface area contributed by atoms with Crippen molar-refractivity contribution >= 4 is 27.5 Å². The van der Waals surface area contributed by atoms with E-state index >= 15 is 0 Å². The summed E-state index contributed by atoms with van der Waals surface area (Å²) < 4.78 is 5.52. The van der Waals surface area contributed by atoms with E-state index in [0.717, 1.165) is 10.4 Å². The second-order valence-electron chi connectivity index (χ2n) is 2.80. The maximum absolute atomic E-state index is 5.85. The average molecular weight is 248 g/mol. The summed E-state index contributed by atoms with van der Waals surface area (Å²) in [4.78, 5) is 0. The van der Waals surface area contributed by atoms with Gasteiger partial charge < -0.3 is 4.74 Å². The van der Waals surface area contributed by atoms with Crippen LogP contribution in [0, 0.1) is 0 Å². The summed E-state index contributed by atoms with van der Waals surface area (Å²) in [6.45, 7) is 0.687. The molecular weight excluding hydrogens is 239 g/mol. The highest BCUT2D eigenvalue weighted by Crippen LogP contribution is 2.33. The maximum atomic E-state index is 5.85. The molecular formula is C9H8BrClO. The Hall–Kier alpha value is -0.0500. The van der Waals surface area contributed by atoms with Crippen molar-refractivity contribution in [1.82, 2.24) is 0 Å². The molecule has 1 aromatic carbocycles. The van der Waals surface area contributed by atoms with E-state index in [1.54, 1.807) is 0 Å². The van der Waals surface area contributed by atoms with Crippen LogP contribution in [0.25, 0.3) is 0 Å². The van der Waals surface area contributed by atoms with Crippen molar-refractivity contribution in [1.29, 1.82) is 0 Å². The molecule has 64 valence electrons. The summed E-state index contributed by atoms with van der Waals surface area (Å²) in [6, 6.07) is 5.92. The van der Waals surface area contributed by atoms with E-state index in [1.807, 2.05) is 18.2 Å². The Morgan fingerprint density at radius 2 is 2.42 bits per heavy atom. The molecule has 1 unspecified atom stereocenters. The Morgan fingerprint density at radius 3 is 3.17 bits per heavy atom. The fourth-order valence-electron chi connectivity index (χ4n) is 1.42. The number of fused-ring (bicyclic) bond motifs is 1. The van der Waals surface area contributed by atoms with Crippen molar-refractivity contribution in [2.45, 2.75) is 12.7 Å². The number of hydrogen-bond donors (Lipinski definition) is 0. The van der Waals surface area contributed by atoms with E-state index in [1.165, 1.54) is 11.1 Å². The summed E-state index contributed by atoms with van der Waals surface area (Å²) in [7, 11) is 0. The molecule has 1 aromatic rings. The Morgan fingerprint density at radius 1 is 1.58 bits per heavy atom. The van der Waals surface area contributed by atoms with Gasteiger partial charge in [-0.15, -0.1) is 0 Å². The van der Waals surface area contributed by atoms with Crippen LogP contribution in [-0.2, 0) is 11.3 Å². The van der Waals surface area contributed by atoms with E-state index in [4.69, 9.17) is 16.3 Å². The molecule has 0 radical (unpaired) electrons.